The Bertz CT molecular complexity index is 1050. The molecule has 5 rings (SSSR count). The molecule has 1 fully saturated rings. The Kier molecular flexibility index (Phi) is 5.94. The summed E-state index contributed by atoms with van der Waals surface area (Å²) in [6.45, 7) is 5.32. The SMILES string of the molecule is CCCCCC(=O)N1CCN(c2nc(-c3ccco3)nc3sc4c(c23)CCCC4)CC1. The van der Waals surface area contributed by atoms with E-state index in [2.05, 4.69) is 11.8 Å². The maximum atomic E-state index is 12.6. The molecule has 3 aromatic heterocycles. The number of carbonyl (C=O) groups is 1. The van der Waals surface area contributed by atoms with E-state index in [0.717, 1.165) is 68.9 Å². The molecule has 1 amide bonds. The maximum Gasteiger partial charge on any atom is 0.222 e. The molecule has 31 heavy (non-hydrogen) atoms. The first-order valence-corrected chi connectivity index (χ1v) is 12.4. The monoisotopic (exact) mass is 438 g/mol. The summed E-state index contributed by atoms with van der Waals surface area (Å²) in [5.41, 5.74) is 1.45. The lowest BCUT2D eigenvalue weighted by atomic mass is 9.97. The van der Waals surface area contributed by atoms with E-state index in [0.29, 0.717) is 23.9 Å². The lowest BCUT2D eigenvalue weighted by Gasteiger charge is -2.36. The highest BCUT2D eigenvalue weighted by Gasteiger charge is 2.27. The maximum absolute atomic E-state index is 12.6. The molecule has 0 N–H and O–H groups in total. The predicted octanol–water partition coefficient (Wildman–Crippen LogP) is 5.06. The van der Waals surface area contributed by atoms with Crippen molar-refractivity contribution in [2.75, 3.05) is 31.1 Å². The van der Waals surface area contributed by atoms with Gasteiger partial charge in [-0.15, -0.1) is 11.3 Å². The molecule has 1 aliphatic heterocycles. The number of amides is 1. The number of aryl methyl sites for hydroxylation is 2. The summed E-state index contributed by atoms with van der Waals surface area (Å²) in [5.74, 6) is 2.68. The van der Waals surface area contributed by atoms with Gasteiger partial charge in [-0.25, -0.2) is 9.97 Å². The second kappa shape index (κ2) is 8.99. The Balaban J connectivity index is 1.44. The van der Waals surface area contributed by atoms with Gasteiger partial charge >= 0.3 is 0 Å². The first kappa shape index (κ1) is 20.5. The van der Waals surface area contributed by atoms with Crippen LogP contribution in [0.15, 0.2) is 22.8 Å². The number of nitrogens with zero attached hydrogens (tertiary/aromatic N) is 4. The van der Waals surface area contributed by atoms with E-state index in [1.807, 2.05) is 28.4 Å². The van der Waals surface area contributed by atoms with E-state index in [4.69, 9.17) is 14.4 Å². The van der Waals surface area contributed by atoms with Crippen molar-refractivity contribution in [1.29, 1.82) is 0 Å². The first-order chi connectivity index (χ1) is 15.2. The number of unbranched alkanes of at least 4 members (excludes halogenated alkanes) is 2. The third-order valence-electron chi connectivity index (χ3n) is 6.46. The van der Waals surface area contributed by atoms with Gasteiger partial charge < -0.3 is 14.2 Å². The summed E-state index contributed by atoms with van der Waals surface area (Å²) in [5, 5.41) is 1.23. The van der Waals surface area contributed by atoms with E-state index in [-0.39, 0.29) is 0 Å². The van der Waals surface area contributed by atoms with Crippen LogP contribution >= 0.6 is 11.3 Å². The van der Waals surface area contributed by atoms with Crippen molar-refractivity contribution in [3.8, 4) is 11.6 Å². The van der Waals surface area contributed by atoms with E-state index >= 15 is 0 Å². The number of aromatic nitrogens is 2. The number of piperazine rings is 1. The first-order valence-electron chi connectivity index (χ1n) is 11.6. The molecule has 1 saturated heterocycles. The minimum absolute atomic E-state index is 0.296. The molecule has 0 radical (unpaired) electrons. The highest BCUT2D eigenvalue weighted by Crippen LogP contribution is 2.41. The van der Waals surface area contributed by atoms with Crippen LogP contribution in [0.4, 0.5) is 5.82 Å². The molecule has 164 valence electrons. The molecule has 6 nitrogen and oxygen atoms in total. The standard InChI is InChI=1S/C24H30N4O2S/c1-2-3-4-11-20(29)27-12-14-28(15-13-27)23-21-17-8-5-6-10-19(17)31-24(21)26-22(25-23)18-9-7-16-30-18/h7,9,16H,2-6,8,10-15H2,1H3. The minimum Gasteiger partial charge on any atom is -0.461 e. The van der Waals surface area contributed by atoms with E-state index in [9.17, 15) is 4.79 Å². The number of hydrogen-bond donors (Lipinski definition) is 0. The summed E-state index contributed by atoms with van der Waals surface area (Å²) >= 11 is 1.82. The van der Waals surface area contributed by atoms with Crippen LogP contribution in [0.3, 0.4) is 0 Å². The van der Waals surface area contributed by atoms with Crippen LogP contribution in [0, 0.1) is 0 Å². The second-order valence-corrected chi connectivity index (χ2v) is 9.65. The summed E-state index contributed by atoms with van der Waals surface area (Å²) in [4.78, 5) is 29.4. The number of hydrogen-bond acceptors (Lipinski definition) is 6. The molecule has 2 aliphatic rings. The highest BCUT2D eigenvalue weighted by atomic mass is 32.1. The largest absolute Gasteiger partial charge is 0.461 e. The average Bonchev–Trinajstić information content (AvgIpc) is 3.46. The number of thiophene rings is 1. The topological polar surface area (TPSA) is 62.5 Å². The molecule has 0 saturated carbocycles. The molecule has 0 unspecified atom stereocenters. The Morgan fingerprint density at radius 2 is 1.97 bits per heavy atom. The van der Waals surface area contributed by atoms with Crippen LogP contribution in [0.25, 0.3) is 21.8 Å². The van der Waals surface area contributed by atoms with Crippen molar-refractivity contribution >= 4 is 33.3 Å². The van der Waals surface area contributed by atoms with Gasteiger partial charge in [0, 0.05) is 37.5 Å². The fraction of sp³-hybridized carbons (Fsp3) is 0.542. The Labute approximate surface area is 187 Å². The molecule has 1 aliphatic carbocycles. The van der Waals surface area contributed by atoms with Crippen LogP contribution in [-0.2, 0) is 17.6 Å². The van der Waals surface area contributed by atoms with Gasteiger partial charge in [-0.2, -0.15) is 0 Å². The minimum atomic E-state index is 0.296. The van der Waals surface area contributed by atoms with Gasteiger partial charge in [0.25, 0.3) is 0 Å². The zero-order valence-electron chi connectivity index (χ0n) is 18.2. The van der Waals surface area contributed by atoms with Crippen molar-refractivity contribution in [3.63, 3.8) is 0 Å². The summed E-state index contributed by atoms with van der Waals surface area (Å²) in [6, 6.07) is 3.80. The Morgan fingerprint density at radius 3 is 2.74 bits per heavy atom. The third kappa shape index (κ3) is 4.07. The molecule has 0 aromatic carbocycles. The van der Waals surface area contributed by atoms with Crippen molar-refractivity contribution in [2.24, 2.45) is 0 Å². The van der Waals surface area contributed by atoms with E-state index in [1.165, 1.54) is 28.7 Å². The smallest absolute Gasteiger partial charge is 0.222 e. The van der Waals surface area contributed by atoms with E-state index < -0.39 is 0 Å². The van der Waals surface area contributed by atoms with Crippen LogP contribution in [0.1, 0.15) is 55.9 Å². The number of fused-ring (bicyclic) bond motifs is 3. The molecule has 4 heterocycles. The van der Waals surface area contributed by atoms with Crippen LogP contribution in [0.2, 0.25) is 0 Å². The fourth-order valence-electron chi connectivity index (χ4n) is 4.74. The highest BCUT2D eigenvalue weighted by molar-refractivity contribution is 7.19. The normalized spacial score (nSPS) is 16.7. The molecule has 0 bridgehead atoms. The van der Waals surface area contributed by atoms with Crippen LogP contribution < -0.4 is 4.90 Å². The zero-order chi connectivity index (χ0) is 21.2. The molecule has 0 atom stereocenters. The molecule has 0 spiro atoms. The number of carbonyl (C=O) groups excluding carboxylic acids is 1. The van der Waals surface area contributed by atoms with Crippen molar-refractivity contribution in [3.05, 3.63) is 28.8 Å². The average molecular weight is 439 g/mol. The quantitative estimate of drug-likeness (QED) is 0.504. The lowest BCUT2D eigenvalue weighted by molar-refractivity contribution is -0.131. The van der Waals surface area contributed by atoms with Gasteiger partial charge in [0.1, 0.15) is 10.6 Å². The molecular formula is C24H30N4O2S. The van der Waals surface area contributed by atoms with Gasteiger partial charge in [0.15, 0.2) is 11.6 Å². The number of rotatable bonds is 6. The molecule has 3 aromatic rings. The molecule has 7 heteroatoms. The summed E-state index contributed by atoms with van der Waals surface area (Å²) in [7, 11) is 0. The third-order valence-corrected chi connectivity index (χ3v) is 7.65. The predicted molar refractivity (Wildman–Crippen MR) is 125 cm³/mol. The lowest BCUT2D eigenvalue weighted by Crippen LogP contribution is -2.49. The summed E-state index contributed by atoms with van der Waals surface area (Å²) in [6.07, 6.45) is 10.4. The van der Waals surface area contributed by atoms with Crippen molar-refractivity contribution < 1.29 is 9.21 Å². The zero-order valence-corrected chi connectivity index (χ0v) is 19.0. The van der Waals surface area contributed by atoms with Gasteiger partial charge in [-0.3, -0.25) is 4.79 Å². The van der Waals surface area contributed by atoms with Gasteiger partial charge in [0.2, 0.25) is 5.91 Å². The number of furan rings is 1. The van der Waals surface area contributed by atoms with Gasteiger partial charge in [0.05, 0.1) is 11.6 Å². The Morgan fingerprint density at radius 1 is 1.13 bits per heavy atom. The number of anilines is 1. The summed E-state index contributed by atoms with van der Waals surface area (Å²) < 4.78 is 5.62. The Hall–Kier alpha value is -2.41. The van der Waals surface area contributed by atoms with Gasteiger partial charge in [-0.05, 0) is 49.8 Å². The van der Waals surface area contributed by atoms with Crippen LogP contribution in [-0.4, -0.2) is 47.0 Å². The second-order valence-electron chi connectivity index (χ2n) is 8.56. The van der Waals surface area contributed by atoms with Crippen molar-refractivity contribution in [1.82, 2.24) is 14.9 Å². The van der Waals surface area contributed by atoms with Crippen molar-refractivity contribution in [2.45, 2.75) is 58.3 Å². The van der Waals surface area contributed by atoms with E-state index in [1.54, 1.807) is 6.26 Å². The fourth-order valence-corrected chi connectivity index (χ4v) is 5.99. The van der Waals surface area contributed by atoms with Crippen LogP contribution in [0.5, 0.6) is 0 Å². The van der Waals surface area contributed by atoms with Gasteiger partial charge in [-0.1, -0.05) is 19.8 Å². The molecular weight excluding hydrogens is 408 g/mol.